The molecule has 9 heteroatoms. The van der Waals surface area contributed by atoms with Gasteiger partial charge in [0.2, 0.25) is 0 Å². The van der Waals surface area contributed by atoms with Gasteiger partial charge in [-0.05, 0) is 55.5 Å². The van der Waals surface area contributed by atoms with Crippen molar-refractivity contribution in [1.29, 1.82) is 0 Å². The summed E-state index contributed by atoms with van der Waals surface area (Å²) in [5.41, 5.74) is 4.50. The second-order valence-electron chi connectivity index (χ2n) is 10.2. The number of hydrogen-bond acceptors (Lipinski definition) is 6. The van der Waals surface area contributed by atoms with Crippen LogP contribution in [0.3, 0.4) is 0 Å². The van der Waals surface area contributed by atoms with Gasteiger partial charge in [-0.1, -0.05) is 24.3 Å². The van der Waals surface area contributed by atoms with Crippen molar-refractivity contribution in [3.05, 3.63) is 72.8 Å². The van der Waals surface area contributed by atoms with Crippen LogP contribution in [0.25, 0.3) is 27.7 Å². The molecule has 0 amide bonds. The number of ether oxygens (including phenoxy) is 1. The highest BCUT2D eigenvalue weighted by Crippen LogP contribution is 2.39. The average Bonchev–Trinajstić information content (AvgIpc) is 3.53. The van der Waals surface area contributed by atoms with Crippen LogP contribution in [0.2, 0.25) is 0 Å². The standard InChI is InChI=1S/C28H31N5O3S/c1-28(32-12-14-36-15-13-32)10-8-21(9-11-28)22-16-25-26(23-18-30-31(2)19-23)20-33(27(25)29-17-22)37(34,35)24-6-4-3-5-7-24/h3-8,16-20H,9-15H2,1-2H3. The molecule has 1 saturated heterocycles. The molecule has 0 radical (unpaired) electrons. The van der Waals surface area contributed by atoms with Gasteiger partial charge in [0.15, 0.2) is 5.65 Å². The third-order valence-electron chi connectivity index (χ3n) is 7.79. The van der Waals surface area contributed by atoms with Crippen LogP contribution in [0.5, 0.6) is 0 Å². The average molecular weight is 518 g/mol. The highest BCUT2D eigenvalue weighted by atomic mass is 32.2. The van der Waals surface area contributed by atoms with Crippen LogP contribution in [-0.2, 0) is 21.8 Å². The van der Waals surface area contributed by atoms with E-state index in [1.165, 1.54) is 9.55 Å². The van der Waals surface area contributed by atoms with E-state index in [-0.39, 0.29) is 10.4 Å². The summed E-state index contributed by atoms with van der Waals surface area (Å²) >= 11 is 0. The Bertz CT molecular complexity index is 1580. The molecule has 0 N–H and O–H groups in total. The van der Waals surface area contributed by atoms with Gasteiger partial charge in [0.25, 0.3) is 10.0 Å². The second kappa shape index (κ2) is 9.24. The first kappa shape index (κ1) is 24.1. The molecule has 2 aliphatic rings. The van der Waals surface area contributed by atoms with Crippen LogP contribution in [0.1, 0.15) is 31.7 Å². The summed E-state index contributed by atoms with van der Waals surface area (Å²) in [5, 5.41) is 5.11. The van der Waals surface area contributed by atoms with E-state index in [1.807, 2.05) is 19.4 Å². The minimum atomic E-state index is -3.81. The molecule has 0 spiro atoms. The monoisotopic (exact) mass is 517 g/mol. The third-order valence-corrected chi connectivity index (χ3v) is 9.46. The van der Waals surface area contributed by atoms with Gasteiger partial charge in [0.1, 0.15) is 0 Å². The molecule has 4 heterocycles. The summed E-state index contributed by atoms with van der Waals surface area (Å²) in [4.78, 5) is 7.50. The number of morpholine rings is 1. The number of fused-ring (bicyclic) bond motifs is 1. The highest BCUT2D eigenvalue weighted by molar-refractivity contribution is 7.90. The summed E-state index contributed by atoms with van der Waals surface area (Å²) in [6.45, 7) is 5.90. The zero-order valence-corrected chi connectivity index (χ0v) is 22.0. The topological polar surface area (TPSA) is 82.2 Å². The smallest absolute Gasteiger partial charge is 0.269 e. The Hall–Kier alpha value is -3.27. The number of rotatable bonds is 5. The van der Waals surface area contributed by atoms with Crippen molar-refractivity contribution in [2.75, 3.05) is 26.3 Å². The van der Waals surface area contributed by atoms with Crippen LogP contribution in [-0.4, -0.2) is 63.9 Å². The zero-order chi connectivity index (χ0) is 25.6. The molecule has 1 fully saturated rings. The number of nitrogens with zero attached hydrogens (tertiary/aromatic N) is 5. The molecule has 1 aliphatic heterocycles. The van der Waals surface area contributed by atoms with Crippen LogP contribution in [0, 0.1) is 0 Å². The van der Waals surface area contributed by atoms with Crippen molar-refractivity contribution in [3.63, 3.8) is 0 Å². The maximum atomic E-state index is 13.6. The van der Waals surface area contributed by atoms with Gasteiger partial charge < -0.3 is 4.74 Å². The number of aryl methyl sites for hydroxylation is 1. The van der Waals surface area contributed by atoms with E-state index < -0.39 is 10.0 Å². The zero-order valence-electron chi connectivity index (χ0n) is 21.2. The first-order valence-corrected chi connectivity index (χ1v) is 14.1. The molecular formula is C28H31N5O3S. The predicted molar refractivity (Wildman–Crippen MR) is 144 cm³/mol. The van der Waals surface area contributed by atoms with Crippen molar-refractivity contribution in [2.24, 2.45) is 7.05 Å². The summed E-state index contributed by atoms with van der Waals surface area (Å²) < 4.78 is 35.7. The molecule has 1 unspecified atom stereocenters. The lowest BCUT2D eigenvalue weighted by Gasteiger charge is -2.45. The Morgan fingerprint density at radius 3 is 2.49 bits per heavy atom. The molecule has 3 aromatic heterocycles. The molecule has 0 bridgehead atoms. The molecule has 6 rings (SSSR count). The lowest BCUT2D eigenvalue weighted by Crippen LogP contribution is -2.52. The summed E-state index contributed by atoms with van der Waals surface area (Å²) in [7, 11) is -1.96. The Morgan fingerprint density at radius 1 is 1.03 bits per heavy atom. The van der Waals surface area contributed by atoms with E-state index in [0.717, 1.165) is 67.6 Å². The molecule has 1 atom stereocenters. The summed E-state index contributed by atoms with van der Waals surface area (Å²) in [6, 6.07) is 10.6. The molecule has 192 valence electrons. The van der Waals surface area contributed by atoms with Gasteiger partial charge in [-0.25, -0.2) is 17.4 Å². The van der Waals surface area contributed by atoms with E-state index in [2.05, 4.69) is 29.1 Å². The molecular weight excluding hydrogens is 486 g/mol. The van der Waals surface area contributed by atoms with Crippen molar-refractivity contribution < 1.29 is 13.2 Å². The molecule has 0 saturated carbocycles. The molecule has 4 aromatic rings. The van der Waals surface area contributed by atoms with Crippen molar-refractivity contribution in [1.82, 2.24) is 23.6 Å². The van der Waals surface area contributed by atoms with Gasteiger partial charge in [0, 0.05) is 60.8 Å². The van der Waals surface area contributed by atoms with Crippen molar-refractivity contribution in [2.45, 2.75) is 36.6 Å². The number of hydrogen-bond donors (Lipinski definition) is 0. The molecule has 8 nitrogen and oxygen atoms in total. The number of allylic oxidation sites excluding steroid dienone is 1. The fraction of sp³-hybridized carbons (Fsp3) is 0.357. The number of aromatic nitrogens is 4. The number of pyridine rings is 1. The Balaban J connectivity index is 1.42. The fourth-order valence-electron chi connectivity index (χ4n) is 5.54. The third kappa shape index (κ3) is 4.31. The number of benzene rings is 1. The Kier molecular flexibility index (Phi) is 6.01. The highest BCUT2D eigenvalue weighted by Gasteiger charge is 2.34. The van der Waals surface area contributed by atoms with Gasteiger partial charge in [-0.3, -0.25) is 9.58 Å². The Morgan fingerprint density at radius 2 is 1.81 bits per heavy atom. The van der Waals surface area contributed by atoms with Crippen molar-refractivity contribution in [3.8, 4) is 11.1 Å². The lowest BCUT2D eigenvalue weighted by molar-refractivity contribution is -0.0190. The molecule has 37 heavy (non-hydrogen) atoms. The molecule has 1 aliphatic carbocycles. The predicted octanol–water partition coefficient (Wildman–Crippen LogP) is 4.33. The van der Waals surface area contributed by atoms with Gasteiger partial charge in [0.05, 0.1) is 24.3 Å². The normalized spacial score (nSPS) is 21.3. The summed E-state index contributed by atoms with van der Waals surface area (Å²) in [5.74, 6) is 0. The van der Waals surface area contributed by atoms with Gasteiger partial charge in [-0.15, -0.1) is 0 Å². The van der Waals surface area contributed by atoms with Crippen molar-refractivity contribution >= 4 is 26.6 Å². The first-order valence-electron chi connectivity index (χ1n) is 12.7. The second-order valence-corrected chi connectivity index (χ2v) is 12.0. The van der Waals surface area contributed by atoms with E-state index in [4.69, 9.17) is 9.72 Å². The fourth-order valence-corrected chi connectivity index (χ4v) is 6.88. The largest absolute Gasteiger partial charge is 0.379 e. The van der Waals surface area contributed by atoms with Crippen LogP contribution in [0.15, 0.2) is 72.2 Å². The van der Waals surface area contributed by atoms with Crippen LogP contribution in [0.4, 0.5) is 0 Å². The lowest BCUT2D eigenvalue weighted by atomic mass is 9.80. The van der Waals surface area contributed by atoms with E-state index in [0.29, 0.717) is 5.65 Å². The van der Waals surface area contributed by atoms with E-state index in [9.17, 15) is 8.42 Å². The maximum absolute atomic E-state index is 13.6. The molecule has 1 aromatic carbocycles. The van der Waals surface area contributed by atoms with Gasteiger partial charge >= 0.3 is 0 Å². The van der Waals surface area contributed by atoms with Gasteiger partial charge in [-0.2, -0.15) is 5.10 Å². The van der Waals surface area contributed by atoms with E-state index in [1.54, 1.807) is 47.4 Å². The minimum Gasteiger partial charge on any atom is -0.379 e. The quantitative estimate of drug-likeness (QED) is 0.392. The Labute approximate surface area is 217 Å². The first-order chi connectivity index (χ1) is 17.8. The van der Waals surface area contributed by atoms with E-state index >= 15 is 0 Å². The minimum absolute atomic E-state index is 0.138. The maximum Gasteiger partial charge on any atom is 0.269 e. The van der Waals surface area contributed by atoms with Crippen LogP contribution >= 0.6 is 0 Å². The van der Waals surface area contributed by atoms with Crippen LogP contribution < -0.4 is 0 Å². The summed E-state index contributed by atoms with van der Waals surface area (Å²) in [6.07, 6.45) is 12.5. The SMILES string of the molecule is Cn1cc(-c2cn(S(=O)(=O)c3ccccc3)c3ncc(C4=CCC(C)(N5CCOCC5)CC4)cc23)cn1.